The number of carbonyl (C=O) groups excluding carboxylic acids is 1. The predicted molar refractivity (Wildman–Crippen MR) is 69.1 cm³/mol. The molecule has 0 aliphatic heterocycles. The van der Waals surface area contributed by atoms with Gasteiger partial charge in [0.1, 0.15) is 2.14 Å². The number of alkyl halides is 3. The maximum atomic E-state index is 11.0. The summed E-state index contributed by atoms with van der Waals surface area (Å²) in [5, 5.41) is 0. The van der Waals surface area contributed by atoms with Gasteiger partial charge in [-0.2, -0.15) is 0 Å². The van der Waals surface area contributed by atoms with Crippen molar-refractivity contribution in [3.8, 4) is 0 Å². The Morgan fingerprint density at radius 1 is 1.36 bits per heavy atom. The number of carbonyl (C=O) groups is 1. The second kappa shape index (κ2) is 7.01. The lowest BCUT2D eigenvalue weighted by molar-refractivity contribution is -0.139. The second-order valence-corrected chi connectivity index (χ2v) is 10.2. The monoisotopic (exact) mass is 390 g/mol. The zero-order valence-corrected chi connectivity index (χ0v) is 12.7. The molecule has 0 aliphatic carbocycles. The molecule has 0 amide bonds. The van der Waals surface area contributed by atoms with Crippen molar-refractivity contribution in [1.29, 1.82) is 0 Å². The highest BCUT2D eigenvalue weighted by Crippen LogP contribution is 2.38. The van der Waals surface area contributed by atoms with E-state index in [9.17, 15) is 4.79 Å². The van der Waals surface area contributed by atoms with E-state index in [0.29, 0.717) is 12.2 Å². The molecular formula is C9H13Br3O2. The van der Waals surface area contributed by atoms with Crippen LogP contribution in [0.4, 0.5) is 0 Å². The molecule has 0 spiro atoms. The van der Waals surface area contributed by atoms with Crippen LogP contribution in [-0.2, 0) is 9.53 Å². The van der Waals surface area contributed by atoms with Crippen LogP contribution in [-0.4, -0.2) is 14.7 Å². The first-order valence-corrected chi connectivity index (χ1v) is 6.60. The number of hydrogen-bond acceptors (Lipinski definition) is 2. The van der Waals surface area contributed by atoms with E-state index in [1.165, 1.54) is 0 Å². The second-order valence-electron chi connectivity index (χ2n) is 2.99. The molecule has 0 rings (SSSR count). The van der Waals surface area contributed by atoms with Crippen molar-refractivity contribution in [3.05, 3.63) is 12.2 Å². The molecule has 0 heterocycles. The lowest BCUT2D eigenvalue weighted by atomic mass is 10.3. The van der Waals surface area contributed by atoms with E-state index in [0.717, 1.165) is 19.3 Å². The smallest absolute Gasteiger partial charge is 0.333 e. The number of hydrogen-bond donors (Lipinski definition) is 0. The third kappa shape index (κ3) is 9.21. The van der Waals surface area contributed by atoms with E-state index >= 15 is 0 Å². The van der Waals surface area contributed by atoms with Gasteiger partial charge in [-0.05, 0) is 26.2 Å². The average molecular weight is 393 g/mol. The highest BCUT2D eigenvalue weighted by atomic mass is 80.0. The van der Waals surface area contributed by atoms with Crippen LogP contribution in [0.3, 0.4) is 0 Å². The van der Waals surface area contributed by atoms with Gasteiger partial charge in [0.15, 0.2) is 0 Å². The Morgan fingerprint density at radius 2 is 1.93 bits per heavy atom. The first kappa shape index (κ1) is 14.6. The highest BCUT2D eigenvalue weighted by Gasteiger charge is 2.16. The minimum absolute atomic E-state index is 0.189. The topological polar surface area (TPSA) is 26.3 Å². The van der Waals surface area contributed by atoms with Crippen LogP contribution in [0.5, 0.6) is 0 Å². The number of rotatable bonds is 5. The van der Waals surface area contributed by atoms with Crippen molar-refractivity contribution in [2.24, 2.45) is 0 Å². The van der Waals surface area contributed by atoms with E-state index in [1.54, 1.807) is 6.92 Å². The lowest BCUT2D eigenvalue weighted by Gasteiger charge is -2.11. The van der Waals surface area contributed by atoms with Crippen LogP contribution in [0.25, 0.3) is 0 Å². The predicted octanol–water partition coefficient (Wildman–Crippen LogP) is 4.11. The molecule has 0 saturated carbocycles. The molecule has 0 unspecified atom stereocenters. The fraction of sp³-hybridized carbons (Fsp3) is 0.667. The maximum Gasteiger partial charge on any atom is 0.333 e. The Labute approximate surface area is 110 Å². The van der Waals surface area contributed by atoms with Gasteiger partial charge in [0.25, 0.3) is 0 Å². The average Bonchev–Trinajstić information content (AvgIpc) is 2.01. The minimum Gasteiger partial charge on any atom is -0.462 e. The summed E-state index contributed by atoms with van der Waals surface area (Å²) < 4.78 is 4.74. The molecule has 0 aliphatic rings. The summed E-state index contributed by atoms with van der Waals surface area (Å²) in [5.74, 6) is -0.312. The van der Waals surface area contributed by atoms with Crippen molar-refractivity contribution in [3.63, 3.8) is 0 Å². The molecule has 0 radical (unpaired) electrons. The summed E-state index contributed by atoms with van der Waals surface area (Å²) in [7, 11) is 0. The third-order valence-corrected chi connectivity index (χ3v) is 2.63. The van der Waals surface area contributed by atoms with Crippen molar-refractivity contribution >= 4 is 53.8 Å². The number of esters is 1. The largest absolute Gasteiger partial charge is 0.462 e. The van der Waals surface area contributed by atoms with Crippen molar-refractivity contribution in [2.75, 3.05) is 6.61 Å². The normalized spacial score (nSPS) is 11.1. The number of halogens is 3. The Hall–Kier alpha value is 0.650. The van der Waals surface area contributed by atoms with Gasteiger partial charge in [-0.3, -0.25) is 0 Å². The van der Waals surface area contributed by atoms with Crippen LogP contribution in [0.1, 0.15) is 26.2 Å². The van der Waals surface area contributed by atoms with Gasteiger partial charge in [-0.1, -0.05) is 54.4 Å². The standard InChI is InChI=1S/C9H13Br3O2/c1-7(2)8(13)14-6-4-3-5-9(10,11)12/h1,3-6H2,2H3. The Bertz CT molecular complexity index is 209. The van der Waals surface area contributed by atoms with Crippen LogP contribution in [0, 0.1) is 0 Å². The first-order valence-electron chi connectivity index (χ1n) is 4.22. The molecule has 0 aromatic carbocycles. The van der Waals surface area contributed by atoms with Crippen LogP contribution in [0.2, 0.25) is 0 Å². The van der Waals surface area contributed by atoms with Gasteiger partial charge >= 0.3 is 5.97 Å². The molecular weight excluding hydrogens is 380 g/mol. The lowest BCUT2D eigenvalue weighted by Crippen LogP contribution is -2.07. The fourth-order valence-corrected chi connectivity index (χ4v) is 1.56. The Morgan fingerprint density at radius 3 is 2.36 bits per heavy atom. The van der Waals surface area contributed by atoms with Crippen molar-refractivity contribution in [2.45, 2.75) is 28.3 Å². The van der Waals surface area contributed by atoms with Gasteiger partial charge in [0.2, 0.25) is 0 Å². The van der Waals surface area contributed by atoms with E-state index in [1.807, 2.05) is 0 Å². The van der Waals surface area contributed by atoms with Gasteiger partial charge in [0, 0.05) is 5.57 Å². The summed E-state index contributed by atoms with van der Waals surface area (Å²) >= 11 is 10.2. The first-order chi connectivity index (χ1) is 6.33. The maximum absolute atomic E-state index is 11.0. The van der Waals surface area contributed by atoms with E-state index in [2.05, 4.69) is 54.4 Å². The van der Waals surface area contributed by atoms with Crippen molar-refractivity contribution < 1.29 is 9.53 Å². The van der Waals surface area contributed by atoms with Gasteiger partial charge in [-0.25, -0.2) is 4.79 Å². The fourth-order valence-electron chi connectivity index (χ4n) is 0.716. The molecule has 0 aromatic heterocycles. The van der Waals surface area contributed by atoms with Gasteiger partial charge in [-0.15, -0.1) is 0 Å². The summed E-state index contributed by atoms with van der Waals surface area (Å²) in [4.78, 5) is 11.0. The van der Waals surface area contributed by atoms with E-state index in [4.69, 9.17) is 4.74 Å². The molecule has 0 saturated heterocycles. The summed E-state index contributed by atoms with van der Waals surface area (Å²) in [6.07, 6.45) is 2.73. The molecule has 5 heteroatoms. The summed E-state index contributed by atoms with van der Waals surface area (Å²) in [5.41, 5.74) is 0.445. The minimum atomic E-state index is -0.312. The summed E-state index contributed by atoms with van der Waals surface area (Å²) in [6.45, 7) is 5.59. The van der Waals surface area contributed by atoms with Gasteiger partial charge in [0.05, 0.1) is 6.61 Å². The molecule has 0 atom stereocenters. The Balaban J connectivity index is 3.39. The molecule has 0 aromatic rings. The van der Waals surface area contributed by atoms with Crippen molar-refractivity contribution in [1.82, 2.24) is 0 Å². The quantitative estimate of drug-likeness (QED) is 0.304. The van der Waals surface area contributed by atoms with Crippen LogP contribution < -0.4 is 0 Å². The van der Waals surface area contributed by atoms with Gasteiger partial charge < -0.3 is 4.74 Å². The van der Waals surface area contributed by atoms with Crippen LogP contribution in [0.15, 0.2) is 12.2 Å². The zero-order valence-electron chi connectivity index (χ0n) is 7.99. The molecule has 2 nitrogen and oxygen atoms in total. The highest BCUT2D eigenvalue weighted by molar-refractivity contribution is 9.39. The molecule has 14 heavy (non-hydrogen) atoms. The zero-order chi connectivity index (χ0) is 11.2. The number of unbranched alkanes of at least 4 members (excludes halogenated alkanes) is 1. The molecule has 82 valence electrons. The SMILES string of the molecule is C=C(C)C(=O)OCCCCC(Br)(Br)Br. The third-order valence-electron chi connectivity index (χ3n) is 1.44. The molecule has 0 fully saturated rings. The number of ether oxygens (including phenoxy) is 1. The molecule has 0 N–H and O–H groups in total. The summed E-state index contributed by atoms with van der Waals surface area (Å²) in [6, 6.07) is 0. The molecule has 0 bridgehead atoms. The van der Waals surface area contributed by atoms with E-state index in [-0.39, 0.29) is 8.11 Å². The van der Waals surface area contributed by atoms with Crippen LogP contribution >= 0.6 is 47.8 Å². The van der Waals surface area contributed by atoms with E-state index < -0.39 is 0 Å². The Kier molecular flexibility index (Phi) is 7.34.